The zero-order valence-corrected chi connectivity index (χ0v) is 19.2. The molecule has 1 saturated heterocycles. The van der Waals surface area contributed by atoms with Gasteiger partial charge in [0.05, 0.1) is 12.0 Å². The Kier molecular flexibility index (Phi) is 7.63. The van der Waals surface area contributed by atoms with Crippen LogP contribution in [0.25, 0.3) is 11.0 Å². The van der Waals surface area contributed by atoms with E-state index in [0.29, 0.717) is 30.2 Å². The highest BCUT2D eigenvalue weighted by Gasteiger charge is 2.25. The van der Waals surface area contributed by atoms with E-state index in [-0.39, 0.29) is 11.7 Å². The van der Waals surface area contributed by atoms with E-state index in [9.17, 15) is 9.18 Å². The van der Waals surface area contributed by atoms with Crippen molar-refractivity contribution in [3.63, 3.8) is 0 Å². The number of ether oxygens (including phenoxy) is 1. The van der Waals surface area contributed by atoms with Crippen molar-refractivity contribution in [2.24, 2.45) is 5.92 Å². The Hall–Kier alpha value is -2.19. The molecule has 1 aromatic heterocycles. The number of aromatic nitrogens is 1. The topological polar surface area (TPSA) is 70.8 Å². The molecule has 2 fully saturated rings. The third kappa shape index (κ3) is 5.59. The van der Waals surface area contributed by atoms with Gasteiger partial charge >= 0.3 is 0 Å². The molecular weight excluding hydrogens is 411 g/mol. The van der Waals surface area contributed by atoms with Crippen molar-refractivity contribution < 1.29 is 18.4 Å². The van der Waals surface area contributed by atoms with Crippen LogP contribution in [0.15, 0.2) is 16.7 Å². The lowest BCUT2D eigenvalue weighted by Crippen LogP contribution is -2.47. The average Bonchev–Trinajstić information content (AvgIpc) is 3.20. The van der Waals surface area contributed by atoms with Crippen LogP contribution in [-0.4, -0.2) is 68.4 Å². The summed E-state index contributed by atoms with van der Waals surface area (Å²) in [7, 11) is 1.62. The number of nitrogens with one attached hydrogen (secondary N) is 1. The predicted octanol–water partition coefficient (Wildman–Crippen LogP) is 3.50. The van der Waals surface area contributed by atoms with E-state index >= 15 is 0 Å². The second-order valence-corrected chi connectivity index (χ2v) is 9.25. The quantitative estimate of drug-likeness (QED) is 0.669. The van der Waals surface area contributed by atoms with Gasteiger partial charge in [0, 0.05) is 51.8 Å². The molecule has 176 valence electrons. The van der Waals surface area contributed by atoms with Gasteiger partial charge in [0.2, 0.25) is 5.91 Å². The monoisotopic (exact) mass is 446 g/mol. The maximum atomic E-state index is 13.8. The van der Waals surface area contributed by atoms with Gasteiger partial charge in [-0.2, -0.15) is 0 Å². The summed E-state index contributed by atoms with van der Waals surface area (Å²) < 4.78 is 24.1. The Balaban J connectivity index is 1.18. The summed E-state index contributed by atoms with van der Waals surface area (Å²) in [5, 5.41) is 8.26. The van der Waals surface area contributed by atoms with E-state index in [2.05, 4.69) is 20.3 Å². The van der Waals surface area contributed by atoms with E-state index in [1.807, 2.05) is 6.07 Å². The second kappa shape index (κ2) is 10.6. The number of aryl methyl sites for hydroxylation is 1. The summed E-state index contributed by atoms with van der Waals surface area (Å²) in [6, 6.07) is 3.59. The van der Waals surface area contributed by atoms with Crippen molar-refractivity contribution >= 4 is 22.7 Å². The molecule has 0 spiro atoms. The third-order valence-corrected chi connectivity index (χ3v) is 7.00. The molecule has 2 aliphatic rings. The number of anilines is 1. The highest BCUT2D eigenvalue weighted by Crippen LogP contribution is 2.30. The Morgan fingerprint density at radius 3 is 2.69 bits per heavy atom. The van der Waals surface area contributed by atoms with Crippen LogP contribution in [0.1, 0.15) is 44.1 Å². The fourth-order valence-electron chi connectivity index (χ4n) is 4.92. The molecule has 1 N–H and O–H groups in total. The molecule has 4 rings (SSSR count). The number of fused-ring (bicyclic) bond motifs is 1. The number of carbonyl (C=O) groups is 1. The Morgan fingerprint density at radius 2 is 1.97 bits per heavy atom. The molecule has 1 amide bonds. The minimum Gasteiger partial charge on any atom is -0.384 e. The second-order valence-electron chi connectivity index (χ2n) is 9.25. The normalized spacial score (nSPS) is 22.4. The van der Waals surface area contributed by atoms with Crippen molar-refractivity contribution in [3.05, 3.63) is 23.5 Å². The van der Waals surface area contributed by atoms with Crippen LogP contribution in [-0.2, 0) is 9.53 Å². The Morgan fingerprint density at radius 1 is 1.22 bits per heavy atom. The van der Waals surface area contributed by atoms with E-state index in [1.165, 1.54) is 25.3 Å². The summed E-state index contributed by atoms with van der Waals surface area (Å²) in [6.45, 7) is 7.18. The van der Waals surface area contributed by atoms with Crippen molar-refractivity contribution in [1.82, 2.24) is 15.4 Å². The number of piperazine rings is 1. The molecule has 2 heterocycles. The fourth-order valence-corrected chi connectivity index (χ4v) is 4.92. The standard InChI is InChI=1S/C24H35FN4O3/c1-17-15-20-22(16-21(17)25)32-27-24(20)29-12-10-28(11-13-29)9-7-18-3-5-19(6-4-18)26-23(30)8-14-31-2/h15-16,18-19H,3-14H2,1-2H3,(H,26,30). The van der Waals surface area contributed by atoms with E-state index in [1.54, 1.807) is 14.0 Å². The summed E-state index contributed by atoms with van der Waals surface area (Å²) >= 11 is 0. The van der Waals surface area contributed by atoms with Gasteiger partial charge in [-0.1, -0.05) is 5.16 Å². The SMILES string of the molecule is COCCC(=O)NC1CCC(CCN2CCN(c3noc4cc(F)c(C)cc34)CC2)CC1. The fraction of sp³-hybridized carbons (Fsp3) is 0.667. The van der Waals surface area contributed by atoms with Crippen LogP contribution >= 0.6 is 0 Å². The first kappa shape index (κ1) is 23.0. The molecule has 0 radical (unpaired) electrons. The van der Waals surface area contributed by atoms with E-state index in [4.69, 9.17) is 9.26 Å². The minimum atomic E-state index is -0.257. The molecule has 1 aliphatic carbocycles. The number of hydrogen-bond donors (Lipinski definition) is 1. The molecule has 2 aromatic rings. The molecule has 1 aromatic carbocycles. The largest absolute Gasteiger partial charge is 0.384 e. The third-order valence-electron chi connectivity index (χ3n) is 7.00. The molecule has 0 atom stereocenters. The Bertz CT molecular complexity index is 902. The first-order valence-corrected chi connectivity index (χ1v) is 11.8. The molecule has 32 heavy (non-hydrogen) atoms. The van der Waals surface area contributed by atoms with Gasteiger partial charge < -0.3 is 19.5 Å². The lowest BCUT2D eigenvalue weighted by molar-refractivity contribution is -0.122. The smallest absolute Gasteiger partial charge is 0.222 e. The van der Waals surface area contributed by atoms with Gasteiger partial charge in [-0.05, 0) is 63.1 Å². The van der Waals surface area contributed by atoms with Crippen LogP contribution in [0.3, 0.4) is 0 Å². The minimum absolute atomic E-state index is 0.105. The van der Waals surface area contributed by atoms with Crippen molar-refractivity contribution in [2.75, 3.05) is 51.3 Å². The number of nitrogens with zero attached hydrogens (tertiary/aromatic N) is 3. The number of methoxy groups -OCH3 is 1. The maximum absolute atomic E-state index is 13.8. The van der Waals surface area contributed by atoms with E-state index in [0.717, 1.165) is 62.7 Å². The summed E-state index contributed by atoms with van der Waals surface area (Å²) in [5.41, 5.74) is 1.13. The average molecular weight is 447 g/mol. The first-order valence-electron chi connectivity index (χ1n) is 11.8. The highest BCUT2D eigenvalue weighted by molar-refractivity contribution is 5.89. The molecule has 7 nitrogen and oxygen atoms in total. The van der Waals surface area contributed by atoms with Crippen LogP contribution in [0.4, 0.5) is 10.2 Å². The van der Waals surface area contributed by atoms with Gasteiger partial charge in [0.25, 0.3) is 0 Å². The lowest BCUT2D eigenvalue weighted by Gasteiger charge is -2.36. The lowest BCUT2D eigenvalue weighted by atomic mass is 9.84. The molecule has 0 bridgehead atoms. The number of rotatable bonds is 8. The predicted molar refractivity (Wildman–Crippen MR) is 122 cm³/mol. The number of hydrogen-bond acceptors (Lipinski definition) is 6. The number of amides is 1. The first-order chi connectivity index (χ1) is 15.5. The van der Waals surface area contributed by atoms with Crippen LogP contribution in [0, 0.1) is 18.7 Å². The van der Waals surface area contributed by atoms with Gasteiger partial charge in [-0.25, -0.2) is 4.39 Å². The molecule has 8 heteroatoms. The van der Waals surface area contributed by atoms with Crippen LogP contribution in [0.5, 0.6) is 0 Å². The Labute approximate surface area is 189 Å². The number of halogens is 1. The summed E-state index contributed by atoms with van der Waals surface area (Å²) in [4.78, 5) is 16.6. The van der Waals surface area contributed by atoms with Gasteiger partial charge in [0.15, 0.2) is 11.4 Å². The zero-order chi connectivity index (χ0) is 22.5. The highest BCUT2D eigenvalue weighted by atomic mass is 19.1. The number of carbonyl (C=O) groups excluding carboxylic acids is 1. The molecule has 1 aliphatic heterocycles. The van der Waals surface area contributed by atoms with Crippen molar-refractivity contribution in [2.45, 2.75) is 51.5 Å². The van der Waals surface area contributed by atoms with Crippen molar-refractivity contribution in [1.29, 1.82) is 0 Å². The summed E-state index contributed by atoms with van der Waals surface area (Å²) in [6.07, 6.45) is 6.21. The van der Waals surface area contributed by atoms with Gasteiger partial charge in [-0.15, -0.1) is 0 Å². The van der Waals surface area contributed by atoms with E-state index < -0.39 is 0 Å². The summed E-state index contributed by atoms with van der Waals surface area (Å²) in [5.74, 6) is 1.42. The maximum Gasteiger partial charge on any atom is 0.222 e. The molecule has 1 saturated carbocycles. The van der Waals surface area contributed by atoms with Crippen LogP contribution < -0.4 is 10.2 Å². The van der Waals surface area contributed by atoms with Crippen LogP contribution in [0.2, 0.25) is 0 Å². The van der Waals surface area contributed by atoms with Crippen molar-refractivity contribution in [3.8, 4) is 0 Å². The number of benzene rings is 1. The van der Waals surface area contributed by atoms with Gasteiger partial charge in [0.1, 0.15) is 5.82 Å². The molecule has 0 unspecified atom stereocenters. The zero-order valence-electron chi connectivity index (χ0n) is 19.2. The van der Waals surface area contributed by atoms with Gasteiger partial charge in [-0.3, -0.25) is 9.69 Å². The molecular formula is C24H35FN4O3.